The van der Waals surface area contributed by atoms with Gasteiger partial charge in [0.25, 0.3) is 0 Å². The Morgan fingerprint density at radius 3 is 2.44 bits per heavy atom. The number of ether oxygens (including phenoxy) is 2. The molecular formula is C10H12N2O4. The molecule has 0 heterocycles. The molecule has 0 saturated carbocycles. The number of benzene rings is 1. The molecule has 16 heavy (non-hydrogen) atoms. The van der Waals surface area contributed by atoms with Crippen molar-refractivity contribution >= 4 is 11.8 Å². The maximum atomic E-state index is 11.3. The molecule has 0 bridgehead atoms. The van der Waals surface area contributed by atoms with Gasteiger partial charge in [-0.1, -0.05) is 5.16 Å². The zero-order valence-corrected chi connectivity index (χ0v) is 8.93. The number of oxime groups is 1. The number of nitrogens with two attached hydrogens (primary N) is 1. The second kappa shape index (κ2) is 5.01. The third-order valence-corrected chi connectivity index (χ3v) is 1.97. The lowest BCUT2D eigenvalue weighted by Gasteiger charge is -2.06. The van der Waals surface area contributed by atoms with Gasteiger partial charge in [-0.25, -0.2) is 4.79 Å². The van der Waals surface area contributed by atoms with E-state index in [9.17, 15) is 4.79 Å². The summed E-state index contributed by atoms with van der Waals surface area (Å²) in [5.74, 6) is -0.209. The van der Waals surface area contributed by atoms with Crippen molar-refractivity contribution in [3.8, 4) is 5.75 Å². The van der Waals surface area contributed by atoms with E-state index >= 15 is 0 Å². The summed E-state index contributed by atoms with van der Waals surface area (Å²) >= 11 is 0. The highest BCUT2D eigenvalue weighted by Crippen LogP contribution is 2.17. The second-order valence-electron chi connectivity index (χ2n) is 2.93. The molecule has 1 aromatic rings. The van der Waals surface area contributed by atoms with Crippen LogP contribution >= 0.6 is 0 Å². The molecular weight excluding hydrogens is 212 g/mol. The maximum Gasteiger partial charge on any atom is 0.338 e. The normalized spacial score (nSPS) is 11.0. The van der Waals surface area contributed by atoms with Gasteiger partial charge in [0.2, 0.25) is 0 Å². The SMILES string of the molecule is COC(=O)c1cc(OC)cc(C(N)=NO)c1. The zero-order valence-electron chi connectivity index (χ0n) is 8.93. The van der Waals surface area contributed by atoms with E-state index in [0.717, 1.165) is 0 Å². The van der Waals surface area contributed by atoms with Crippen molar-refractivity contribution < 1.29 is 19.5 Å². The molecule has 1 rings (SSSR count). The van der Waals surface area contributed by atoms with E-state index in [4.69, 9.17) is 15.7 Å². The van der Waals surface area contributed by atoms with E-state index in [1.54, 1.807) is 6.07 Å². The summed E-state index contributed by atoms with van der Waals surface area (Å²) in [4.78, 5) is 11.3. The number of hydrogen-bond acceptors (Lipinski definition) is 5. The highest BCUT2D eigenvalue weighted by molar-refractivity contribution is 6.00. The number of methoxy groups -OCH3 is 2. The molecule has 0 aliphatic rings. The van der Waals surface area contributed by atoms with Gasteiger partial charge in [-0.05, 0) is 18.2 Å². The molecule has 0 aliphatic heterocycles. The molecule has 0 unspecified atom stereocenters. The van der Waals surface area contributed by atoms with Crippen molar-refractivity contribution in [2.24, 2.45) is 10.9 Å². The van der Waals surface area contributed by atoms with E-state index < -0.39 is 5.97 Å². The standard InChI is InChI=1S/C10H12N2O4/c1-15-8-4-6(9(11)12-14)3-7(5-8)10(13)16-2/h3-5,14H,1-2H3,(H2,11,12). The van der Waals surface area contributed by atoms with Crippen LogP contribution in [0.5, 0.6) is 5.75 Å². The predicted molar refractivity (Wildman–Crippen MR) is 56.8 cm³/mol. The van der Waals surface area contributed by atoms with Crippen molar-refractivity contribution in [3.05, 3.63) is 29.3 Å². The lowest BCUT2D eigenvalue weighted by Crippen LogP contribution is -2.14. The van der Waals surface area contributed by atoms with E-state index in [1.807, 2.05) is 0 Å². The molecule has 6 heteroatoms. The highest BCUT2D eigenvalue weighted by Gasteiger charge is 2.11. The molecule has 86 valence electrons. The van der Waals surface area contributed by atoms with Crippen LogP contribution in [0.3, 0.4) is 0 Å². The van der Waals surface area contributed by atoms with Crippen LogP contribution in [0.4, 0.5) is 0 Å². The fourth-order valence-corrected chi connectivity index (χ4v) is 1.16. The number of esters is 1. The summed E-state index contributed by atoms with van der Waals surface area (Å²) in [5.41, 5.74) is 6.06. The van der Waals surface area contributed by atoms with Gasteiger partial charge in [0, 0.05) is 5.56 Å². The minimum absolute atomic E-state index is 0.107. The summed E-state index contributed by atoms with van der Waals surface area (Å²) in [6.07, 6.45) is 0. The first-order chi connectivity index (χ1) is 7.62. The van der Waals surface area contributed by atoms with Crippen molar-refractivity contribution in [2.45, 2.75) is 0 Å². The zero-order chi connectivity index (χ0) is 12.1. The molecule has 0 radical (unpaired) electrons. The molecule has 3 N–H and O–H groups in total. The molecule has 6 nitrogen and oxygen atoms in total. The fraction of sp³-hybridized carbons (Fsp3) is 0.200. The Bertz CT molecular complexity index is 429. The molecule has 0 atom stereocenters. The third kappa shape index (κ3) is 2.41. The first kappa shape index (κ1) is 11.8. The highest BCUT2D eigenvalue weighted by atomic mass is 16.5. The number of rotatable bonds is 3. The van der Waals surface area contributed by atoms with E-state index in [2.05, 4.69) is 9.89 Å². The van der Waals surface area contributed by atoms with Crippen molar-refractivity contribution in [3.63, 3.8) is 0 Å². The van der Waals surface area contributed by atoms with Crippen LogP contribution in [0, 0.1) is 0 Å². The van der Waals surface area contributed by atoms with Gasteiger partial charge >= 0.3 is 5.97 Å². The van der Waals surface area contributed by atoms with Crippen LogP contribution in [0.1, 0.15) is 15.9 Å². The molecule has 0 aliphatic carbocycles. The maximum absolute atomic E-state index is 11.3. The Balaban J connectivity index is 3.26. The summed E-state index contributed by atoms with van der Waals surface area (Å²) in [7, 11) is 2.72. The van der Waals surface area contributed by atoms with Crippen molar-refractivity contribution in [1.29, 1.82) is 0 Å². The van der Waals surface area contributed by atoms with Gasteiger partial charge in [0.15, 0.2) is 5.84 Å². The molecule has 0 saturated heterocycles. The minimum atomic E-state index is -0.522. The molecule has 0 spiro atoms. The van der Waals surface area contributed by atoms with Gasteiger partial charge < -0.3 is 20.4 Å². The second-order valence-corrected chi connectivity index (χ2v) is 2.93. The first-order valence-electron chi connectivity index (χ1n) is 4.37. The number of nitrogens with zero attached hydrogens (tertiary/aromatic N) is 1. The van der Waals surface area contributed by atoms with E-state index in [-0.39, 0.29) is 11.4 Å². The molecule has 0 aromatic heterocycles. The van der Waals surface area contributed by atoms with Crippen LogP contribution in [0.2, 0.25) is 0 Å². The Kier molecular flexibility index (Phi) is 3.71. The summed E-state index contributed by atoms with van der Waals surface area (Å²) in [6.45, 7) is 0. The van der Waals surface area contributed by atoms with Crippen LogP contribution in [0.25, 0.3) is 0 Å². The summed E-state index contributed by atoms with van der Waals surface area (Å²) < 4.78 is 9.55. The number of hydrogen-bond donors (Lipinski definition) is 2. The average molecular weight is 224 g/mol. The van der Waals surface area contributed by atoms with E-state index in [1.165, 1.54) is 26.4 Å². The largest absolute Gasteiger partial charge is 0.497 e. The number of carbonyl (C=O) groups is 1. The van der Waals surface area contributed by atoms with Crippen LogP contribution in [-0.4, -0.2) is 31.2 Å². The number of carbonyl (C=O) groups excluding carboxylic acids is 1. The van der Waals surface area contributed by atoms with Crippen molar-refractivity contribution in [2.75, 3.05) is 14.2 Å². The third-order valence-electron chi connectivity index (χ3n) is 1.97. The summed E-state index contributed by atoms with van der Waals surface area (Å²) in [5, 5.41) is 11.4. The van der Waals surface area contributed by atoms with Crippen LogP contribution in [-0.2, 0) is 4.74 Å². The fourth-order valence-electron chi connectivity index (χ4n) is 1.16. The first-order valence-corrected chi connectivity index (χ1v) is 4.37. The average Bonchev–Trinajstić information content (AvgIpc) is 2.35. The van der Waals surface area contributed by atoms with Gasteiger partial charge in [-0.3, -0.25) is 0 Å². The van der Waals surface area contributed by atoms with Crippen LogP contribution in [0.15, 0.2) is 23.4 Å². The number of amidine groups is 1. The summed E-state index contributed by atoms with van der Waals surface area (Å²) in [6, 6.07) is 4.49. The smallest absolute Gasteiger partial charge is 0.338 e. The Hall–Kier alpha value is -2.24. The van der Waals surface area contributed by atoms with Gasteiger partial charge in [0.05, 0.1) is 19.8 Å². The minimum Gasteiger partial charge on any atom is -0.497 e. The lowest BCUT2D eigenvalue weighted by atomic mass is 10.1. The van der Waals surface area contributed by atoms with Gasteiger partial charge in [-0.2, -0.15) is 0 Å². The Morgan fingerprint density at radius 2 is 1.94 bits per heavy atom. The molecule has 0 amide bonds. The van der Waals surface area contributed by atoms with E-state index in [0.29, 0.717) is 11.3 Å². The molecule has 0 fully saturated rings. The van der Waals surface area contributed by atoms with Gasteiger partial charge in [-0.15, -0.1) is 0 Å². The lowest BCUT2D eigenvalue weighted by molar-refractivity contribution is 0.0600. The topological polar surface area (TPSA) is 94.1 Å². The molecule has 1 aromatic carbocycles. The Morgan fingerprint density at radius 1 is 1.31 bits per heavy atom. The predicted octanol–water partition coefficient (Wildman–Crippen LogP) is 0.576. The van der Waals surface area contributed by atoms with Gasteiger partial charge in [0.1, 0.15) is 5.75 Å². The Labute approximate surface area is 92.3 Å². The van der Waals surface area contributed by atoms with Crippen LogP contribution < -0.4 is 10.5 Å². The monoisotopic (exact) mass is 224 g/mol. The quantitative estimate of drug-likeness (QED) is 0.257. The van der Waals surface area contributed by atoms with Crippen molar-refractivity contribution in [1.82, 2.24) is 0 Å².